The molecule has 6 fully saturated rings. The van der Waals surface area contributed by atoms with Crippen molar-refractivity contribution in [2.45, 2.75) is 203 Å². The summed E-state index contributed by atoms with van der Waals surface area (Å²) in [6.07, 6.45) is 48.3. The highest BCUT2D eigenvalue weighted by Crippen LogP contribution is 2.47. The molecule has 18 aromatic rings. The summed E-state index contributed by atoms with van der Waals surface area (Å²) in [6.45, 7) is 1.91. The standard InChI is InChI=1S/C19H18BrN5.C19H19BrN4O2.2C15H16BrN5S.C15H17N5S.C14H17BrN8/c20-16-17(14-4-2-1-3-5-14)24-19-15(11-23-25(19)18(16)22)13-8-6-12(10-21)7-9-13;20-16-17(11-4-2-1-3-5-11)23-19-13(9-22-24(19)18(16)21)12-6-7-14-15(8-12)26-10-25-14;16-12-13(9-4-2-1-3-5-9)20-15-10(11-7-22-8-18-11)6-19-21(15)14(12)17;16-12-13(9-4-2-1-3-5-9)20-15-10(11-7-18-8-22-11)6-19-21(15)14(12)17;16-14-6-12(10-4-2-1-3-5-10)19-15-11(7-18-20(14)15)13-8-21-9-17-13;1-21-6-8(4-18-21)10-5-19-23-12(17)11(15)14(20-13(10)23)22-3-2-9(16)7-22/h6-9,11,14H,1-5,22H2;6-9,11H,1-5,10,21H2;2*6-9H,1-5,17H2;6-10H,1-5,16H2;4-6,9H,2-3,7,16-17H2,1H3/t;;;;;9-/m.....0/s1. The Labute approximate surface area is 854 Å². The van der Waals surface area contributed by atoms with Crippen LogP contribution in [0.3, 0.4) is 0 Å². The Balaban J connectivity index is 0.000000103. The minimum Gasteiger partial charge on any atom is -0.454 e. The number of hydrogen-bond acceptors (Lipinski definition) is 30. The molecule has 139 heavy (non-hydrogen) atoms. The monoisotopic (exact) mass is 2240 g/mol. The molecule has 42 heteroatoms. The molecule has 0 spiro atoms. The summed E-state index contributed by atoms with van der Waals surface area (Å²) in [5.74, 6) is 8.34. The lowest BCUT2D eigenvalue weighted by Crippen LogP contribution is -2.27. The highest BCUT2D eigenvalue weighted by molar-refractivity contribution is 9.11. The van der Waals surface area contributed by atoms with E-state index < -0.39 is 0 Å². The molecule has 0 amide bonds. The quantitative estimate of drug-likeness (QED) is 0.0597. The van der Waals surface area contributed by atoms with Crippen LogP contribution in [-0.4, -0.2) is 138 Å². The van der Waals surface area contributed by atoms with Crippen molar-refractivity contribution in [3.63, 3.8) is 0 Å². The molecule has 2 aliphatic heterocycles. The van der Waals surface area contributed by atoms with Gasteiger partial charge in [-0.1, -0.05) is 115 Å². The van der Waals surface area contributed by atoms with E-state index in [1.54, 1.807) is 96.8 Å². The van der Waals surface area contributed by atoms with E-state index in [0.717, 1.165) is 208 Å². The predicted octanol–water partition coefficient (Wildman–Crippen LogP) is 22.2. The third-order valence-electron chi connectivity index (χ3n) is 27.4. The molecule has 25 rings (SSSR count). The van der Waals surface area contributed by atoms with E-state index in [2.05, 4.69) is 141 Å². The Morgan fingerprint density at radius 2 is 0.799 bits per heavy atom. The highest BCUT2D eigenvalue weighted by atomic mass is 79.9. The molecule has 1 atom stereocenters. The number of ether oxygens (including phenoxy) is 2. The largest absolute Gasteiger partial charge is 0.454 e. The second kappa shape index (κ2) is 42.0. The van der Waals surface area contributed by atoms with Gasteiger partial charge in [-0.25, -0.2) is 39.9 Å². The first kappa shape index (κ1) is 94.9. The number of aromatic nitrogens is 23. The maximum atomic E-state index is 8.98. The van der Waals surface area contributed by atoms with Gasteiger partial charge < -0.3 is 54.5 Å². The van der Waals surface area contributed by atoms with Crippen LogP contribution in [0.4, 0.5) is 40.7 Å². The first-order chi connectivity index (χ1) is 67.8. The molecule has 2 aromatic carbocycles. The average molecular weight is 2240 g/mol. The minimum atomic E-state index is 0.170. The molecular formula is C97H103Br5N32O2S3. The zero-order valence-corrected chi connectivity index (χ0v) is 86.7. The van der Waals surface area contributed by atoms with E-state index in [9.17, 15) is 0 Å². The van der Waals surface area contributed by atoms with Gasteiger partial charge in [0.25, 0.3) is 0 Å². The smallest absolute Gasteiger partial charge is 0.231 e. The number of nitrogen functional groups attached to an aromatic ring is 6. The second-order valence-corrected chi connectivity index (χ2v) is 42.5. The molecule has 18 heterocycles. The molecule has 716 valence electrons. The minimum absolute atomic E-state index is 0.170. The first-order valence-electron chi connectivity index (χ1n) is 47.1. The lowest BCUT2D eigenvalue weighted by Gasteiger charge is -2.22. The van der Waals surface area contributed by atoms with E-state index in [0.29, 0.717) is 75.7 Å². The number of aryl methyl sites for hydroxylation is 1. The maximum absolute atomic E-state index is 8.98. The number of benzene rings is 2. The summed E-state index contributed by atoms with van der Waals surface area (Å²) in [5, 5.41) is 43.6. The van der Waals surface area contributed by atoms with Crippen LogP contribution >= 0.6 is 114 Å². The van der Waals surface area contributed by atoms with Crippen LogP contribution in [0.25, 0.3) is 100 Å². The van der Waals surface area contributed by atoms with Gasteiger partial charge in [-0.05, 0) is 186 Å². The number of fused-ring (bicyclic) bond motifs is 7. The van der Waals surface area contributed by atoms with E-state index in [1.807, 2.05) is 108 Å². The maximum Gasteiger partial charge on any atom is 0.231 e. The van der Waals surface area contributed by atoms with Crippen molar-refractivity contribution in [2.24, 2.45) is 12.8 Å². The summed E-state index contributed by atoms with van der Waals surface area (Å²) in [6, 6.07) is 17.7. The van der Waals surface area contributed by atoms with Crippen LogP contribution in [0.1, 0.15) is 231 Å². The van der Waals surface area contributed by atoms with E-state index in [4.69, 9.17) is 84.8 Å². The number of hydrogen-bond donors (Lipinski definition) is 7. The van der Waals surface area contributed by atoms with Gasteiger partial charge in [-0.15, -0.1) is 34.0 Å². The molecule has 7 aliphatic rings. The summed E-state index contributed by atoms with van der Waals surface area (Å²) >= 11 is 22.9. The summed E-state index contributed by atoms with van der Waals surface area (Å²) in [7, 11) is 1.88. The van der Waals surface area contributed by atoms with Crippen molar-refractivity contribution in [3.05, 3.63) is 188 Å². The number of nitrogens with two attached hydrogens (primary N) is 7. The fourth-order valence-corrected chi connectivity index (χ4v) is 24.5. The summed E-state index contributed by atoms with van der Waals surface area (Å²) < 4.78 is 27.1. The van der Waals surface area contributed by atoms with Crippen LogP contribution in [0.2, 0.25) is 0 Å². The number of nitriles is 1. The zero-order chi connectivity index (χ0) is 95.6. The third-order valence-corrected chi connectivity index (χ3v) is 33.4. The molecule has 1 saturated heterocycles. The Morgan fingerprint density at radius 1 is 0.396 bits per heavy atom. The van der Waals surface area contributed by atoms with Gasteiger partial charge in [-0.2, -0.15) is 68.0 Å². The molecule has 5 saturated carbocycles. The van der Waals surface area contributed by atoms with E-state index >= 15 is 0 Å². The molecule has 34 nitrogen and oxygen atoms in total. The van der Waals surface area contributed by atoms with Gasteiger partial charge >= 0.3 is 0 Å². The topological polar surface area (TPSA) is 465 Å². The highest BCUT2D eigenvalue weighted by Gasteiger charge is 2.33. The van der Waals surface area contributed by atoms with Gasteiger partial charge in [-0.3, -0.25) is 9.67 Å². The molecule has 0 unspecified atom stereocenters. The second-order valence-electron chi connectivity index (χ2n) is 36.2. The molecule has 0 bridgehead atoms. The van der Waals surface area contributed by atoms with Gasteiger partial charge in [0.1, 0.15) is 45.2 Å². The Bertz CT molecular complexity index is 7340. The average Bonchev–Trinajstić information content (AvgIpc) is 1.68. The van der Waals surface area contributed by atoms with E-state index in [-0.39, 0.29) is 12.8 Å². The van der Waals surface area contributed by atoms with Gasteiger partial charge in [0.2, 0.25) is 6.79 Å². The zero-order valence-electron chi connectivity index (χ0n) is 76.3. The van der Waals surface area contributed by atoms with Crippen molar-refractivity contribution in [3.8, 4) is 83.9 Å². The first-order valence-corrected chi connectivity index (χ1v) is 53.9. The number of halogens is 5. The van der Waals surface area contributed by atoms with Crippen molar-refractivity contribution in [2.75, 3.05) is 59.2 Å². The Hall–Kier alpha value is -11.7. The summed E-state index contributed by atoms with van der Waals surface area (Å²) in [5.41, 5.74) is 70.4. The number of nitrogens with zero attached hydrogens (tertiary/aromatic N) is 25. The van der Waals surface area contributed by atoms with Crippen molar-refractivity contribution >= 4 is 188 Å². The van der Waals surface area contributed by atoms with Gasteiger partial charge in [0, 0.05) is 113 Å². The SMILES string of the molecule is Cn1cc(-c2cnn3c(N)c(Br)c(N4CC[C@H](N)C4)nc23)cn1.N#Cc1ccc(-c2cnn3c(N)c(Br)c(C4CCCCC4)nc23)cc1.Nc1c(Br)c(C2CCCCC2)nc2c(-c3ccc4c(c3)OCO4)cnn12.Nc1c(Br)c(C2CCCCC2)nc2c(-c3cncs3)cnn12.Nc1c(Br)c(C2CCCCC2)nc2c(-c3cscn3)cnn12.Nc1cc(C2CCCCC2)nc2c(-c3cscn3)cnn12. The molecule has 14 N–H and O–H groups in total. The van der Waals surface area contributed by atoms with E-state index in [1.165, 1.54) is 135 Å². The Morgan fingerprint density at radius 3 is 1.23 bits per heavy atom. The fourth-order valence-electron chi connectivity index (χ4n) is 20.0. The van der Waals surface area contributed by atoms with Gasteiger partial charge in [0.05, 0.1) is 145 Å². The molecule has 16 aromatic heterocycles. The lowest BCUT2D eigenvalue weighted by atomic mass is 9.87. The van der Waals surface area contributed by atoms with Crippen LogP contribution in [0.15, 0.2) is 154 Å². The van der Waals surface area contributed by atoms with Crippen LogP contribution < -0.4 is 54.5 Å². The lowest BCUT2D eigenvalue weighted by molar-refractivity contribution is 0.174. The number of rotatable bonds is 12. The Kier molecular flexibility index (Phi) is 28.7. The molecule has 5 aliphatic carbocycles. The number of thiazole rings is 3. The summed E-state index contributed by atoms with van der Waals surface area (Å²) in [4.78, 5) is 45.6. The molecule has 0 radical (unpaired) electrons. The van der Waals surface area contributed by atoms with Crippen molar-refractivity contribution in [1.29, 1.82) is 5.26 Å². The normalized spacial score (nSPS) is 16.7. The van der Waals surface area contributed by atoms with Crippen LogP contribution in [0, 0.1) is 11.3 Å². The van der Waals surface area contributed by atoms with Crippen molar-refractivity contribution < 1.29 is 9.47 Å². The molecular weight excluding hydrogens is 2140 g/mol. The van der Waals surface area contributed by atoms with Crippen molar-refractivity contribution in [1.82, 2.24) is 112 Å². The number of anilines is 7. The van der Waals surface area contributed by atoms with Crippen LogP contribution in [-0.2, 0) is 7.05 Å². The van der Waals surface area contributed by atoms with Gasteiger partial charge in [0.15, 0.2) is 45.4 Å². The fraction of sp³-hybridized carbons (Fsp3) is 0.371. The predicted molar refractivity (Wildman–Crippen MR) is 564 cm³/mol. The third kappa shape index (κ3) is 19.5. The van der Waals surface area contributed by atoms with Crippen LogP contribution in [0.5, 0.6) is 11.5 Å².